The zero-order valence-corrected chi connectivity index (χ0v) is 13.6. The number of hydrogen-bond donors (Lipinski definition) is 0. The van der Waals surface area contributed by atoms with E-state index in [0.717, 1.165) is 5.56 Å². The van der Waals surface area contributed by atoms with Crippen LogP contribution in [-0.2, 0) is 0 Å². The second-order valence-electron chi connectivity index (χ2n) is 4.45. The lowest BCUT2D eigenvalue weighted by Crippen LogP contribution is -1.94. The van der Waals surface area contributed by atoms with Gasteiger partial charge in [0.1, 0.15) is 0 Å². The van der Waals surface area contributed by atoms with Crippen LogP contribution in [0.2, 0.25) is 10.0 Å². The highest BCUT2D eigenvalue weighted by Crippen LogP contribution is 2.36. The Morgan fingerprint density at radius 2 is 1.86 bits per heavy atom. The summed E-state index contributed by atoms with van der Waals surface area (Å²) >= 11 is 12.0. The number of methoxy groups -OCH3 is 2. The first-order valence-electron chi connectivity index (χ1n) is 6.44. The van der Waals surface area contributed by atoms with Crippen molar-refractivity contribution in [2.45, 2.75) is 0 Å². The van der Waals surface area contributed by atoms with Gasteiger partial charge in [0, 0.05) is 10.6 Å². The lowest BCUT2D eigenvalue weighted by atomic mass is 10.1. The molecule has 2 rings (SSSR count). The fraction of sp³-hybridized carbons (Fsp3) is 0.118. The molecule has 0 aromatic heterocycles. The van der Waals surface area contributed by atoms with Gasteiger partial charge in [-0.3, -0.25) is 4.79 Å². The SMILES string of the molecule is COc1cc(/C=C/C(=O)c2cccc(Cl)c2)cc(Cl)c1OC. The summed E-state index contributed by atoms with van der Waals surface area (Å²) in [6, 6.07) is 10.2. The Labute approximate surface area is 139 Å². The molecule has 0 aliphatic carbocycles. The smallest absolute Gasteiger partial charge is 0.185 e. The van der Waals surface area contributed by atoms with Crippen LogP contribution in [0.3, 0.4) is 0 Å². The highest BCUT2D eigenvalue weighted by molar-refractivity contribution is 6.32. The third-order valence-electron chi connectivity index (χ3n) is 2.99. The molecule has 0 bridgehead atoms. The number of allylic oxidation sites excluding steroid dienone is 1. The van der Waals surface area contributed by atoms with Crippen LogP contribution in [0.5, 0.6) is 11.5 Å². The summed E-state index contributed by atoms with van der Waals surface area (Å²) in [6.45, 7) is 0. The molecule has 2 aromatic carbocycles. The lowest BCUT2D eigenvalue weighted by Gasteiger charge is -2.10. The average Bonchev–Trinajstić information content (AvgIpc) is 2.51. The van der Waals surface area contributed by atoms with Gasteiger partial charge < -0.3 is 9.47 Å². The summed E-state index contributed by atoms with van der Waals surface area (Å²) in [5.74, 6) is 0.820. The van der Waals surface area contributed by atoms with Crippen LogP contribution in [0.1, 0.15) is 15.9 Å². The van der Waals surface area contributed by atoms with E-state index in [9.17, 15) is 4.79 Å². The van der Waals surface area contributed by atoms with Crippen LogP contribution in [0.15, 0.2) is 42.5 Å². The molecule has 0 aliphatic rings. The largest absolute Gasteiger partial charge is 0.493 e. The Morgan fingerprint density at radius 1 is 1.09 bits per heavy atom. The van der Waals surface area contributed by atoms with Crippen molar-refractivity contribution in [1.29, 1.82) is 0 Å². The number of hydrogen-bond acceptors (Lipinski definition) is 3. The van der Waals surface area contributed by atoms with Crippen molar-refractivity contribution in [1.82, 2.24) is 0 Å². The first-order valence-corrected chi connectivity index (χ1v) is 7.20. The predicted octanol–water partition coefficient (Wildman–Crippen LogP) is 4.91. The highest BCUT2D eigenvalue weighted by Gasteiger charge is 2.10. The van der Waals surface area contributed by atoms with Gasteiger partial charge in [0.15, 0.2) is 17.3 Å². The summed E-state index contributed by atoms with van der Waals surface area (Å²) in [5.41, 5.74) is 1.26. The molecule has 114 valence electrons. The van der Waals surface area contributed by atoms with Gasteiger partial charge >= 0.3 is 0 Å². The predicted molar refractivity (Wildman–Crippen MR) is 89.4 cm³/mol. The molecule has 0 atom stereocenters. The molecule has 0 saturated carbocycles. The van der Waals surface area contributed by atoms with Gasteiger partial charge in [-0.1, -0.05) is 41.4 Å². The van der Waals surface area contributed by atoms with Gasteiger partial charge in [-0.15, -0.1) is 0 Å². The number of carbonyl (C=O) groups excluding carboxylic acids is 1. The number of ketones is 1. The molecule has 2 aromatic rings. The minimum absolute atomic E-state index is 0.145. The maximum atomic E-state index is 12.1. The molecule has 0 heterocycles. The minimum atomic E-state index is -0.145. The van der Waals surface area contributed by atoms with Crippen molar-refractivity contribution >= 4 is 35.1 Å². The van der Waals surface area contributed by atoms with Gasteiger partial charge in [0.25, 0.3) is 0 Å². The first-order chi connectivity index (χ1) is 10.5. The molecule has 22 heavy (non-hydrogen) atoms. The summed E-state index contributed by atoms with van der Waals surface area (Å²) in [4.78, 5) is 12.1. The van der Waals surface area contributed by atoms with Crippen molar-refractivity contribution in [3.05, 3.63) is 63.6 Å². The average molecular weight is 337 g/mol. The third kappa shape index (κ3) is 3.81. The van der Waals surface area contributed by atoms with E-state index in [-0.39, 0.29) is 5.78 Å². The monoisotopic (exact) mass is 336 g/mol. The zero-order valence-electron chi connectivity index (χ0n) is 12.1. The molecule has 0 aliphatic heterocycles. The van der Waals surface area contributed by atoms with Gasteiger partial charge in [0.2, 0.25) is 0 Å². The molecule has 0 amide bonds. The van der Waals surface area contributed by atoms with E-state index < -0.39 is 0 Å². The topological polar surface area (TPSA) is 35.5 Å². The molecular weight excluding hydrogens is 323 g/mol. The summed E-state index contributed by atoms with van der Waals surface area (Å²) in [7, 11) is 3.04. The van der Waals surface area contributed by atoms with Crippen molar-refractivity contribution in [3.8, 4) is 11.5 Å². The molecule has 0 fully saturated rings. The number of halogens is 2. The maximum absolute atomic E-state index is 12.1. The molecule has 0 radical (unpaired) electrons. The Kier molecular flexibility index (Phi) is 5.47. The van der Waals surface area contributed by atoms with Crippen LogP contribution >= 0.6 is 23.2 Å². The van der Waals surface area contributed by atoms with E-state index in [2.05, 4.69) is 0 Å². The first kappa shape index (κ1) is 16.4. The lowest BCUT2D eigenvalue weighted by molar-refractivity contribution is 0.104. The number of carbonyl (C=O) groups is 1. The van der Waals surface area contributed by atoms with Crippen molar-refractivity contribution < 1.29 is 14.3 Å². The van der Waals surface area contributed by atoms with E-state index in [4.69, 9.17) is 32.7 Å². The zero-order chi connectivity index (χ0) is 16.1. The standard InChI is InChI=1S/C17H14Cl2O3/c1-21-16-9-11(8-14(19)17(16)22-2)6-7-15(20)12-4-3-5-13(18)10-12/h3-10H,1-2H3/b7-6+. The van der Waals surface area contributed by atoms with Gasteiger partial charge in [-0.05, 0) is 35.9 Å². The Morgan fingerprint density at radius 3 is 2.50 bits per heavy atom. The van der Waals surface area contributed by atoms with Gasteiger partial charge in [-0.2, -0.15) is 0 Å². The van der Waals surface area contributed by atoms with E-state index in [1.54, 1.807) is 42.5 Å². The van der Waals surface area contributed by atoms with Gasteiger partial charge in [-0.25, -0.2) is 0 Å². The quantitative estimate of drug-likeness (QED) is 0.575. The van der Waals surface area contributed by atoms with Crippen LogP contribution in [0.4, 0.5) is 0 Å². The third-order valence-corrected chi connectivity index (χ3v) is 3.51. The highest BCUT2D eigenvalue weighted by atomic mass is 35.5. The van der Waals surface area contributed by atoms with Crippen LogP contribution in [0.25, 0.3) is 6.08 Å². The summed E-state index contributed by atoms with van der Waals surface area (Å²) < 4.78 is 10.4. The van der Waals surface area contributed by atoms with E-state index in [0.29, 0.717) is 27.1 Å². The van der Waals surface area contributed by atoms with E-state index in [1.165, 1.54) is 20.3 Å². The number of benzene rings is 2. The van der Waals surface area contributed by atoms with Crippen molar-refractivity contribution in [2.24, 2.45) is 0 Å². The van der Waals surface area contributed by atoms with Crippen molar-refractivity contribution in [3.63, 3.8) is 0 Å². The molecule has 5 heteroatoms. The molecule has 0 spiro atoms. The van der Waals surface area contributed by atoms with Crippen molar-refractivity contribution in [2.75, 3.05) is 14.2 Å². The molecular formula is C17H14Cl2O3. The fourth-order valence-electron chi connectivity index (χ4n) is 1.94. The second-order valence-corrected chi connectivity index (χ2v) is 5.29. The van der Waals surface area contributed by atoms with E-state index >= 15 is 0 Å². The van der Waals surface area contributed by atoms with Crippen LogP contribution < -0.4 is 9.47 Å². The second kappa shape index (κ2) is 7.34. The van der Waals surface area contributed by atoms with Crippen LogP contribution in [-0.4, -0.2) is 20.0 Å². The molecule has 0 saturated heterocycles. The minimum Gasteiger partial charge on any atom is -0.493 e. The molecule has 0 N–H and O–H groups in total. The maximum Gasteiger partial charge on any atom is 0.185 e. The molecule has 3 nitrogen and oxygen atoms in total. The summed E-state index contributed by atoms with van der Waals surface area (Å²) in [5, 5.41) is 0.935. The van der Waals surface area contributed by atoms with Crippen LogP contribution in [0, 0.1) is 0 Å². The van der Waals surface area contributed by atoms with E-state index in [1.807, 2.05) is 0 Å². The number of ether oxygens (including phenoxy) is 2. The van der Waals surface area contributed by atoms with Gasteiger partial charge in [0.05, 0.1) is 19.2 Å². The molecule has 0 unspecified atom stereocenters. The number of rotatable bonds is 5. The Bertz CT molecular complexity index is 724. The summed E-state index contributed by atoms with van der Waals surface area (Å²) in [6.07, 6.45) is 3.13. The Balaban J connectivity index is 2.26. The Hall–Kier alpha value is -1.97. The fourth-order valence-corrected chi connectivity index (χ4v) is 2.43. The normalized spacial score (nSPS) is 10.7.